The summed E-state index contributed by atoms with van der Waals surface area (Å²) in [4.78, 5) is 30.8. The van der Waals surface area contributed by atoms with Crippen molar-refractivity contribution in [2.24, 2.45) is 28.6 Å². The molecule has 7 rings (SSSR count). The number of pyridine rings is 1. The monoisotopic (exact) mass is 595 g/mol. The zero-order valence-corrected chi connectivity index (χ0v) is 25.2. The van der Waals surface area contributed by atoms with Crippen LogP contribution in [0.15, 0.2) is 30.1 Å². The summed E-state index contributed by atoms with van der Waals surface area (Å²) in [5.41, 5.74) is 1.87. The summed E-state index contributed by atoms with van der Waals surface area (Å²) in [5.74, 6) is -0.626. The van der Waals surface area contributed by atoms with E-state index in [2.05, 4.69) is 30.0 Å². The molecule has 8 nitrogen and oxygen atoms in total. The van der Waals surface area contributed by atoms with Crippen LogP contribution >= 0.6 is 11.8 Å². The van der Waals surface area contributed by atoms with E-state index in [4.69, 9.17) is 9.47 Å². The fourth-order valence-electron chi connectivity index (χ4n) is 9.58. The molecule has 10 heteroatoms. The average molecular weight is 596 g/mol. The van der Waals surface area contributed by atoms with E-state index in [-0.39, 0.29) is 28.3 Å². The van der Waals surface area contributed by atoms with Crippen LogP contribution in [0.5, 0.6) is 0 Å². The van der Waals surface area contributed by atoms with Crippen LogP contribution in [-0.4, -0.2) is 61.6 Å². The number of carbonyl (C=O) groups excluding carboxylic acids is 2. The minimum atomic E-state index is -1.27. The highest BCUT2D eigenvalue weighted by Crippen LogP contribution is 2.68. The number of thioether (sulfide) groups is 1. The van der Waals surface area contributed by atoms with E-state index in [1.54, 1.807) is 12.3 Å². The summed E-state index contributed by atoms with van der Waals surface area (Å²) in [7, 11) is 0. The lowest BCUT2D eigenvalue weighted by molar-refractivity contribution is -0.202. The number of nitrogens with zero attached hydrogens (tertiary/aromatic N) is 3. The van der Waals surface area contributed by atoms with Crippen LogP contribution < -0.4 is 0 Å². The lowest BCUT2D eigenvalue weighted by Crippen LogP contribution is -2.62. The van der Waals surface area contributed by atoms with Crippen molar-refractivity contribution in [2.75, 3.05) is 12.9 Å². The Balaban J connectivity index is 1.21. The molecule has 1 saturated heterocycles. The Labute approximate surface area is 249 Å². The van der Waals surface area contributed by atoms with Crippen LogP contribution in [0.3, 0.4) is 0 Å². The second-order valence-corrected chi connectivity index (χ2v) is 14.2. The molecular weight excluding hydrogens is 557 g/mol. The van der Waals surface area contributed by atoms with Gasteiger partial charge in [-0.3, -0.25) is 4.79 Å². The molecule has 3 heterocycles. The number of esters is 1. The highest BCUT2D eigenvalue weighted by Gasteiger charge is 2.70. The van der Waals surface area contributed by atoms with E-state index in [9.17, 15) is 19.1 Å². The average Bonchev–Trinajstić information content (AvgIpc) is 3.70. The summed E-state index contributed by atoms with van der Waals surface area (Å²) in [6.07, 6.45) is 11.7. The molecule has 42 heavy (non-hydrogen) atoms. The van der Waals surface area contributed by atoms with Gasteiger partial charge < -0.3 is 14.6 Å². The maximum atomic E-state index is 13.7. The van der Waals surface area contributed by atoms with Crippen LogP contribution in [0, 0.1) is 34.5 Å². The summed E-state index contributed by atoms with van der Waals surface area (Å²) in [6.45, 7) is 4.88. The molecule has 0 bridgehead atoms. The molecule has 2 aromatic heterocycles. The van der Waals surface area contributed by atoms with Gasteiger partial charge in [-0.25, -0.2) is 14.5 Å². The van der Waals surface area contributed by atoms with E-state index < -0.39 is 35.1 Å². The molecule has 4 fully saturated rings. The minimum absolute atomic E-state index is 0.00797. The van der Waals surface area contributed by atoms with Crippen LogP contribution in [0.4, 0.5) is 4.39 Å². The number of aromatic nitrogens is 3. The van der Waals surface area contributed by atoms with Crippen molar-refractivity contribution in [3.05, 3.63) is 47.3 Å². The van der Waals surface area contributed by atoms with Crippen LogP contribution in [0.25, 0.3) is 11.8 Å². The van der Waals surface area contributed by atoms with Crippen LogP contribution in [-0.2, 0) is 25.5 Å². The Kier molecular flexibility index (Phi) is 6.71. The smallest absolute Gasteiger partial charge is 0.336 e. The Hall–Kier alpha value is -2.56. The van der Waals surface area contributed by atoms with Gasteiger partial charge in [0, 0.05) is 12.0 Å². The quantitative estimate of drug-likeness (QED) is 0.393. The van der Waals surface area contributed by atoms with Gasteiger partial charge in [0.05, 0.1) is 29.9 Å². The summed E-state index contributed by atoms with van der Waals surface area (Å²) >= 11 is 1.12. The van der Waals surface area contributed by atoms with Gasteiger partial charge >= 0.3 is 5.97 Å². The minimum Gasteiger partial charge on any atom is -0.448 e. The van der Waals surface area contributed by atoms with Gasteiger partial charge in [-0.1, -0.05) is 31.2 Å². The van der Waals surface area contributed by atoms with Crippen molar-refractivity contribution in [1.29, 1.82) is 0 Å². The summed E-state index contributed by atoms with van der Waals surface area (Å²) in [5, 5.41) is 16.5. The number of aliphatic hydroxyl groups is 1. The van der Waals surface area contributed by atoms with E-state index in [0.29, 0.717) is 31.6 Å². The lowest BCUT2D eigenvalue weighted by atomic mass is 9.45. The van der Waals surface area contributed by atoms with Gasteiger partial charge in [-0.05, 0) is 105 Å². The summed E-state index contributed by atoms with van der Waals surface area (Å²) in [6, 6.07) is 3.02. The topological polar surface area (TPSA) is 104 Å². The number of fused-ring (bicyclic) bond motifs is 6. The van der Waals surface area contributed by atoms with Gasteiger partial charge in [0.1, 0.15) is 0 Å². The molecule has 4 aliphatic carbocycles. The first-order valence-corrected chi connectivity index (χ1v) is 16.3. The molecule has 1 aliphatic heterocycles. The van der Waals surface area contributed by atoms with Crippen molar-refractivity contribution in [3.8, 4) is 5.69 Å². The number of rotatable bonds is 4. The van der Waals surface area contributed by atoms with Gasteiger partial charge in [-0.2, -0.15) is 9.49 Å². The van der Waals surface area contributed by atoms with E-state index in [1.807, 2.05) is 10.9 Å². The van der Waals surface area contributed by atoms with Crippen LogP contribution in [0.1, 0.15) is 70.1 Å². The van der Waals surface area contributed by atoms with Crippen LogP contribution in [0.2, 0.25) is 0 Å². The number of hydrogen-bond acceptors (Lipinski definition) is 8. The molecular formula is C32H38FN3O5S. The second-order valence-electron chi connectivity index (χ2n) is 13.4. The summed E-state index contributed by atoms with van der Waals surface area (Å²) < 4.78 is 27.2. The first kappa shape index (κ1) is 28.2. The molecule has 1 N–H and O–H groups in total. The predicted molar refractivity (Wildman–Crippen MR) is 155 cm³/mol. The van der Waals surface area contributed by atoms with Gasteiger partial charge in [0.25, 0.3) is 0 Å². The molecule has 2 aromatic rings. The van der Waals surface area contributed by atoms with Crippen molar-refractivity contribution in [1.82, 2.24) is 14.8 Å². The first-order chi connectivity index (χ1) is 20.1. The Bertz CT molecular complexity index is 1450. The van der Waals surface area contributed by atoms with E-state index in [0.717, 1.165) is 55.1 Å². The third-order valence-electron chi connectivity index (χ3n) is 11.5. The Morgan fingerprint density at radius 1 is 1.21 bits per heavy atom. The maximum Gasteiger partial charge on any atom is 0.336 e. The second kappa shape index (κ2) is 9.99. The first-order valence-electron chi connectivity index (χ1n) is 15.1. The van der Waals surface area contributed by atoms with Gasteiger partial charge in [0.2, 0.25) is 11.1 Å². The Morgan fingerprint density at radius 2 is 2.05 bits per heavy atom. The normalized spacial score (nSPS) is 38.6. The number of carbonyl (C=O) groups is 2. The molecule has 224 valence electrons. The molecule has 8 atom stereocenters. The molecule has 0 radical (unpaired) electrons. The van der Waals surface area contributed by atoms with E-state index in [1.165, 1.54) is 17.8 Å². The Morgan fingerprint density at radius 3 is 2.76 bits per heavy atom. The molecule has 0 aromatic carbocycles. The van der Waals surface area contributed by atoms with Gasteiger partial charge in [-0.15, -0.1) is 0 Å². The zero-order valence-electron chi connectivity index (χ0n) is 24.3. The molecule has 0 amide bonds. The van der Waals surface area contributed by atoms with Crippen molar-refractivity contribution in [2.45, 2.75) is 83.0 Å². The fraction of sp³-hybridized carbons (Fsp3) is 0.625. The molecule has 5 aliphatic rings. The fourth-order valence-corrected chi connectivity index (χ4v) is 10.3. The number of allylic oxidation sites excluding steroid dienone is 1. The third-order valence-corrected chi connectivity index (χ3v) is 12.2. The number of aliphatic hydroxyl groups excluding tert-OH is 1. The van der Waals surface area contributed by atoms with E-state index >= 15 is 0 Å². The van der Waals surface area contributed by atoms with Gasteiger partial charge in [0.15, 0.2) is 11.7 Å². The third kappa shape index (κ3) is 3.93. The lowest BCUT2D eigenvalue weighted by Gasteiger charge is -2.60. The highest BCUT2D eigenvalue weighted by molar-refractivity contribution is 8.13. The molecule has 0 spiro atoms. The van der Waals surface area contributed by atoms with Crippen molar-refractivity contribution >= 4 is 28.9 Å². The molecule has 3 saturated carbocycles. The number of halogens is 1. The highest BCUT2D eigenvalue weighted by atomic mass is 32.2. The largest absolute Gasteiger partial charge is 0.448 e. The molecule has 0 unspecified atom stereocenters. The van der Waals surface area contributed by atoms with Crippen molar-refractivity contribution < 1.29 is 28.6 Å². The SMILES string of the molecule is CSC(=O)[C@@]1(OC(=O)[C@H]2CCCO2)CC[C@H]2[C@@H]3CCC4=Cc5c(cnn5-c5ccc(F)nc5)C[C@]4(C)[C@H]3[C@@H](O)C[C@@]21C. The standard InChI is InChI=1S/C32H38FN3O5S/c1-30-14-18-16-35-36(20-7-9-26(33)34-17-20)23(18)13-19(30)6-8-21-22-10-11-32(29(39)42-3,31(22,2)15-24(37)27(21)30)41-28(38)25-5-4-12-40-25/h7,9,13,16-17,21-22,24-25,27,37H,4-6,8,10-12,14-15H2,1-3H3/t21-,22-,24-,25+,27+,30-,31-,32-/m0/s1. The maximum absolute atomic E-state index is 13.7. The predicted octanol–water partition coefficient (Wildman–Crippen LogP) is 4.91. The van der Waals surface area contributed by atoms with Crippen molar-refractivity contribution in [3.63, 3.8) is 0 Å². The number of hydrogen-bond donors (Lipinski definition) is 1. The zero-order chi connectivity index (χ0) is 29.4. The number of ether oxygens (including phenoxy) is 2.